The Hall–Kier alpha value is -1.51. The standard InChI is InChI=1S/C16H17ClN2/c17-10-11-5-6-15(18)14(9-11)16-13-4-2-1-3-12(13)7-8-19-16/h1-6,9,16,19H,7-8,10,18H2. The van der Waals surface area contributed by atoms with Crippen LogP contribution in [0.15, 0.2) is 42.5 Å². The van der Waals surface area contributed by atoms with Crippen molar-refractivity contribution in [2.75, 3.05) is 12.3 Å². The molecule has 3 N–H and O–H groups in total. The molecule has 1 unspecified atom stereocenters. The molecule has 1 heterocycles. The Balaban J connectivity index is 2.08. The summed E-state index contributed by atoms with van der Waals surface area (Å²) < 4.78 is 0. The molecular formula is C16H17ClN2. The Morgan fingerprint density at radius 2 is 2.00 bits per heavy atom. The Labute approximate surface area is 118 Å². The van der Waals surface area contributed by atoms with Crippen LogP contribution in [0.3, 0.4) is 0 Å². The Morgan fingerprint density at radius 1 is 1.16 bits per heavy atom. The summed E-state index contributed by atoms with van der Waals surface area (Å²) >= 11 is 5.93. The molecule has 1 aliphatic rings. The van der Waals surface area contributed by atoms with Crippen molar-refractivity contribution in [2.45, 2.75) is 18.3 Å². The topological polar surface area (TPSA) is 38.0 Å². The average molecular weight is 273 g/mol. The van der Waals surface area contributed by atoms with Crippen LogP contribution in [0.25, 0.3) is 0 Å². The first kappa shape index (κ1) is 12.5. The first-order chi connectivity index (χ1) is 9.29. The van der Waals surface area contributed by atoms with Gasteiger partial charge in [0, 0.05) is 18.1 Å². The lowest BCUT2D eigenvalue weighted by molar-refractivity contribution is 0.569. The lowest BCUT2D eigenvalue weighted by Crippen LogP contribution is -2.31. The minimum absolute atomic E-state index is 0.174. The first-order valence-corrected chi connectivity index (χ1v) is 7.08. The van der Waals surface area contributed by atoms with Gasteiger partial charge in [0.05, 0.1) is 6.04 Å². The zero-order chi connectivity index (χ0) is 13.2. The van der Waals surface area contributed by atoms with Crippen molar-refractivity contribution in [1.29, 1.82) is 0 Å². The molecule has 2 aromatic rings. The zero-order valence-corrected chi connectivity index (χ0v) is 11.5. The number of nitrogens with two attached hydrogens (primary N) is 1. The molecule has 0 saturated carbocycles. The summed E-state index contributed by atoms with van der Waals surface area (Å²) in [6, 6.07) is 14.8. The van der Waals surface area contributed by atoms with Crippen molar-refractivity contribution in [2.24, 2.45) is 0 Å². The summed E-state index contributed by atoms with van der Waals surface area (Å²) in [7, 11) is 0. The lowest BCUT2D eigenvalue weighted by Gasteiger charge is -2.28. The van der Waals surface area contributed by atoms with E-state index >= 15 is 0 Å². The molecule has 0 bridgehead atoms. The largest absolute Gasteiger partial charge is 0.398 e. The molecule has 0 aliphatic carbocycles. The second-order valence-corrected chi connectivity index (χ2v) is 5.20. The highest BCUT2D eigenvalue weighted by molar-refractivity contribution is 6.17. The number of anilines is 1. The number of hydrogen-bond donors (Lipinski definition) is 2. The van der Waals surface area contributed by atoms with E-state index in [-0.39, 0.29) is 6.04 Å². The fourth-order valence-electron chi connectivity index (χ4n) is 2.74. The van der Waals surface area contributed by atoms with Gasteiger partial charge in [-0.2, -0.15) is 0 Å². The summed E-state index contributed by atoms with van der Waals surface area (Å²) in [6.07, 6.45) is 1.07. The minimum Gasteiger partial charge on any atom is -0.398 e. The van der Waals surface area contributed by atoms with Crippen LogP contribution in [-0.2, 0) is 12.3 Å². The normalized spacial score (nSPS) is 18.1. The molecule has 1 atom stereocenters. The number of nitrogen functional groups attached to an aromatic ring is 1. The maximum Gasteiger partial charge on any atom is 0.0600 e. The quantitative estimate of drug-likeness (QED) is 0.651. The Morgan fingerprint density at radius 3 is 2.84 bits per heavy atom. The maximum absolute atomic E-state index is 6.15. The van der Waals surface area contributed by atoms with E-state index in [9.17, 15) is 0 Å². The third-order valence-electron chi connectivity index (χ3n) is 3.73. The molecule has 0 radical (unpaired) electrons. The van der Waals surface area contributed by atoms with E-state index in [0.29, 0.717) is 5.88 Å². The SMILES string of the molecule is Nc1ccc(CCl)cc1C1NCCc2ccccc21. The van der Waals surface area contributed by atoms with Gasteiger partial charge in [-0.3, -0.25) is 0 Å². The molecule has 3 heteroatoms. The van der Waals surface area contributed by atoms with Crippen molar-refractivity contribution in [3.63, 3.8) is 0 Å². The van der Waals surface area contributed by atoms with E-state index in [2.05, 4.69) is 35.6 Å². The number of halogens is 1. The van der Waals surface area contributed by atoms with Crippen LogP contribution in [0.5, 0.6) is 0 Å². The van der Waals surface area contributed by atoms with Gasteiger partial charge < -0.3 is 11.1 Å². The van der Waals surface area contributed by atoms with Gasteiger partial charge in [-0.15, -0.1) is 11.6 Å². The fraction of sp³-hybridized carbons (Fsp3) is 0.250. The second kappa shape index (κ2) is 5.24. The van der Waals surface area contributed by atoms with Crippen molar-refractivity contribution in [3.8, 4) is 0 Å². The monoisotopic (exact) mass is 272 g/mol. The van der Waals surface area contributed by atoms with Gasteiger partial charge in [-0.25, -0.2) is 0 Å². The average Bonchev–Trinajstić information content (AvgIpc) is 2.47. The smallest absolute Gasteiger partial charge is 0.0600 e. The summed E-state index contributed by atoms with van der Waals surface area (Å²) in [6.45, 7) is 0.978. The third kappa shape index (κ3) is 2.34. The molecule has 98 valence electrons. The first-order valence-electron chi connectivity index (χ1n) is 6.55. The lowest BCUT2D eigenvalue weighted by atomic mass is 9.88. The molecule has 2 aromatic carbocycles. The molecule has 3 rings (SSSR count). The van der Waals surface area contributed by atoms with Crippen LogP contribution in [0.2, 0.25) is 0 Å². The maximum atomic E-state index is 6.15. The van der Waals surface area contributed by atoms with Gasteiger partial charge in [0.1, 0.15) is 0 Å². The van der Waals surface area contributed by atoms with Crippen LogP contribution in [0.1, 0.15) is 28.3 Å². The minimum atomic E-state index is 0.174. The molecule has 19 heavy (non-hydrogen) atoms. The van der Waals surface area contributed by atoms with Crippen molar-refractivity contribution < 1.29 is 0 Å². The van der Waals surface area contributed by atoms with Crippen LogP contribution in [0, 0.1) is 0 Å². The molecule has 0 spiro atoms. The van der Waals surface area contributed by atoms with E-state index in [1.165, 1.54) is 11.1 Å². The number of nitrogens with one attached hydrogen (secondary N) is 1. The highest BCUT2D eigenvalue weighted by Crippen LogP contribution is 2.32. The van der Waals surface area contributed by atoms with Crippen LogP contribution >= 0.6 is 11.6 Å². The highest BCUT2D eigenvalue weighted by atomic mass is 35.5. The van der Waals surface area contributed by atoms with Gasteiger partial charge in [-0.05, 0) is 34.7 Å². The van der Waals surface area contributed by atoms with Gasteiger partial charge in [0.2, 0.25) is 0 Å². The number of alkyl halides is 1. The van der Waals surface area contributed by atoms with Crippen LogP contribution in [-0.4, -0.2) is 6.54 Å². The summed E-state index contributed by atoms with van der Waals surface area (Å²) in [5.74, 6) is 0.516. The summed E-state index contributed by atoms with van der Waals surface area (Å²) in [5.41, 5.74) is 11.9. The second-order valence-electron chi connectivity index (χ2n) is 4.93. The van der Waals surface area contributed by atoms with Gasteiger partial charge in [0.15, 0.2) is 0 Å². The van der Waals surface area contributed by atoms with Gasteiger partial charge in [0.25, 0.3) is 0 Å². The molecule has 2 nitrogen and oxygen atoms in total. The van der Waals surface area contributed by atoms with Crippen molar-refractivity contribution in [3.05, 3.63) is 64.7 Å². The third-order valence-corrected chi connectivity index (χ3v) is 4.03. The van der Waals surface area contributed by atoms with E-state index in [1.807, 2.05) is 12.1 Å². The number of fused-ring (bicyclic) bond motifs is 1. The van der Waals surface area contributed by atoms with Crippen LogP contribution in [0.4, 0.5) is 5.69 Å². The summed E-state index contributed by atoms with van der Waals surface area (Å²) in [4.78, 5) is 0. The van der Waals surface area contributed by atoms with Crippen molar-refractivity contribution in [1.82, 2.24) is 5.32 Å². The van der Waals surface area contributed by atoms with Crippen molar-refractivity contribution >= 4 is 17.3 Å². The van der Waals surface area contributed by atoms with E-state index < -0.39 is 0 Å². The molecule has 0 fully saturated rings. The zero-order valence-electron chi connectivity index (χ0n) is 10.7. The van der Waals surface area contributed by atoms with E-state index in [0.717, 1.165) is 29.8 Å². The highest BCUT2D eigenvalue weighted by Gasteiger charge is 2.22. The Bertz CT molecular complexity index is 595. The van der Waals surface area contributed by atoms with Crippen LogP contribution < -0.4 is 11.1 Å². The molecule has 0 amide bonds. The van der Waals surface area contributed by atoms with E-state index in [4.69, 9.17) is 17.3 Å². The van der Waals surface area contributed by atoms with Gasteiger partial charge in [-0.1, -0.05) is 36.4 Å². The Kier molecular flexibility index (Phi) is 3.45. The predicted molar refractivity (Wildman–Crippen MR) is 80.4 cm³/mol. The number of rotatable bonds is 2. The molecule has 1 aliphatic heterocycles. The van der Waals surface area contributed by atoms with Gasteiger partial charge >= 0.3 is 0 Å². The molecule has 0 saturated heterocycles. The summed E-state index contributed by atoms with van der Waals surface area (Å²) in [5, 5.41) is 3.56. The molecular weight excluding hydrogens is 256 g/mol. The predicted octanol–water partition coefficient (Wildman–Crippen LogP) is 3.24. The molecule has 0 aromatic heterocycles. The number of hydrogen-bond acceptors (Lipinski definition) is 2. The van der Waals surface area contributed by atoms with E-state index in [1.54, 1.807) is 0 Å². The fourth-order valence-corrected chi connectivity index (χ4v) is 2.91. The number of benzene rings is 2.